The summed E-state index contributed by atoms with van der Waals surface area (Å²) < 4.78 is 21.8. The van der Waals surface area contributed by atoms with Crippen LogP contribution in [0.15, 0.2) is 48.5 Å². The lowest BCUT2D eigenvalue weighted by molar-refractivity contribution is -0.156. The van der Waals surface area contributed by atoms with Gasteiger partial charge < -0.3 is 24.3 Å². The molecule has 218 valence electrons. The van der Waals surface area contributed by atoms with Gasteiger partial charge in [0, 0.05) is 19.0 Å². The normalized spacial score (nSPS) is 12.4. The number of benzene rings is 2. The van der Waals surface area contributed by atoms with Gasteiger partial charge in [-0.2, -0.15) is 0 Å². The molecule has 0 radical (unpaired) electrons. The van der Waals surface area contributed by atoms with Crippen molar-refractivity contribution in [2.24, 2.45) is 0 Å². The molecule has 0 heterocycles. The molecule has 0 atom stereocenters. The Balaban J connectivity index is 1.33. The van der Waals surface area contributed by atoms with E-state index in [-0.39, 0.29) is 44.0 Å². The average Bonchev–Trinajstić information content (AvgIpc) is 3.23. The molecule has 2 aromatic rings. The molecular weight excluding hydrogens is 512 g/mol. The average molecular weight is 555 g/mol. The van der Waals surface area contributed by atoms with Crippen LogP contribution in [-0.2, 0) is 28.5 Å². The number of ether oxygens (including phenoxy) is 4. The number of amides is 2. The lowest BCUT2D eigenvalue weighted by Crippen LogP contribution is -2.42. The summed E-state index contributed by atoms with van der Waals surface area (Å²) in [5.74, 6) is -0.613. The third-order valence-electron chi connectivity index (χ3n) is 6.23. The van der Waals surface area contributed by atoms with E-state index in [2.05, 4.69) is 29.6 Å². The van der Waals surface area contributed by atoms with Crippen molar-refractivity contribution in [3.8, 4) is 11.1 Å². The summed E-state index contributed by atoms with van der Waals surface area (Å²) in [6.07, 6.45) is 0.387. The molecule has 9 nitrogen and oxygen atoms in total. The number of nitrogens with zero attached hydrogens (tertiary/aromatic N) is 1. The lowest BCUT2D eigenvalue weighted by atomic mass is 9.98. The van der Waals surface area contributed by atoms with E-state index < -0.39 is 11.7 Å². The molecule has 2 aromatic carbocycles. The van der Waals surface area contributed by atoms with Gasteiger partial charge in [0.05, 0.1) is 32.8 Å². The number of nitrogens with one attached hydrogen (secondary N) is 1. The second-order valence-electron chi connectivity index (χ2n) is 10.6. The van der Waals surface area contributed by atoms with Gasteiger partial charge in [-0.05, 0) is 49.4 Å². The van der Waals surface area contributed by atoms with Crippen LogP contribution in [-0.4, -0.2) is 81.1 Å². The Bertz CT molecular complexity index is 1080. The fraction of sp³-hybridized carbons (Fsp3) is 0.516. The molecule has 9 heteroatoms. The van der Waals surface area contributed by atoms with Crippen LogP contribution in [0.25, 0.3) is 11.1 Å². The van der Waals surface area contributed by atoms with Gasteiger partial charge in [0.1, 0.15) is 18.8 Å². The Morgan fingerprint density at radius 3 is 2.08 bits per heavy atom. The second-order valence-corrected chi connectivity index (χ2v) is 10.6. The molecule has 40 heavy (non-hydrogen) atoms. The summed E-state index contributed by atoms with van der Waals surface area (Å²) >= 11 is 0. The largest absolute Gasteiger partial charge is 0.460 e. The summed E-state index contributed by atoms with van der Waals surface area (Å²) in [5, 5.41) is 2.77. The van der Waals surface area contributed by atoms with Gasteiger partial charge in [0.2, 0.25) is 5.91 Å². The fourth-order valence-electron chi connectivity index (χ4n) is 4.55. The fourth-order valence-corrected chi connectivity index (χ4v) is 4.55. The SMILES string of the molecule is CCCN(CC(=O)NCCOCCOCCC(=O)OC(C)(C)C)C(=O)OCC1c2ccccc2-c2ccccc21. The van der Waals surface area contributed by atoms with Crippen LogP contribution in [0, 0.1) is 0 Å². The van der Waals surface area contributed by atoms with Crippen LogP contribution in [0.1, 0.15) is 57.6 Å². The van der Waals surface area contributed by atoms with Crippen LogP contribution >= 0.6 is 0 Å². The summed E-state index contributed by atoms with van der Waals surface area (Å²) in [5.41, 5.74) is 4.11. The third-order valence-corrected chi connectivity index (χ3v) is 6.23. The van der Waals surface area contributed by atoms with Gasteiger partial charge in [-0.25, -0.2) is 4.79 Å². The topological polar surface area (TPSA) is 103 Å². The van der Waals surface area contributed by atoms with Gasteiger partial charge in [0.25, 0.3) is 0 Å². The maximum absolute atomic E-state index is 12.9. The van der Waals surface area contributed by atoms with Gasteiger partial charge >= 0.3 is 12.1 Å². The van der Waals surface area contributed by atoms with Crippen LogP contribution in [0.2, 0.25) is 0 Å². The van der Waals surface area contributed by atoms with Crippen molar-refractivity contribution < 1.29 is 33.3 Å². The standard InChI is InChI=1S/C31H42N2O7/c1-5-16-33(21-28(34)32-15-18-38-20-19-37-17-14-29(35)40-31(2,3)4)30(36)39-22-27-25-12-8-6-10-23(25)24-11-7-9-13-26(24)27/h6-13,27H,5,14-22H2,1-4H3,(H,32,34). The minimum Gasteiger partial charge on any atom is -0.460 e. The first-order valence-electron chi connectivity index (χ1n) is 13.9. The molecule has 2 amide bonds. The number of hydrogen-bond acceptors (Lipinski definition) is 7. The number of rotatable bonds is 15. The number of esters is 1. The zero-order chi connectivity index (χ0) is 29.0. The maximum atomic E-state index is 12.9. The van der Waals surface area contributed by atoms with Crippen molar-refractivity contribution in [2.75, 3.05) is 52.7 Å². The van der Waals surface area contributed by atoms with E-state index in [9.17, 15) is 14.4 Å². The first-order valence-corrected chi connectivity index (χ1v) is 13.9. The van der Waals surface area contributed by atoms with Crippen molar-refractivity contribution in [1.29, 1.82) is 0 Å². The molecule has 0 spiro atoms. The minimum absolute atomic E-state index is 0.0351. The molecule has 0 aromatic heterocycles. The number of carbonyl (C=O) groups is 3. The molecule has 0 saturated heterocycles. The molecule has 3 rings (SSSR count). The van der Waals surface area contributed by atoms with Gasteiger partial charge in [-0.3, -0.25) is 14.5 Å². The first-order chi connectivity index (χ1) is 19.2. The lowest BCUT2D eigenvalue weighted by Gasteiger charge is -2.22. The van der Waals surface area contributed by atoms with Crippen molar-refractivity contribution in [3.63, 3.8) is 0 Å². The van der Waals surface area contributed by atoms with E-state index in [1.807, 2.05) is 52.0 Å². The van der Waals surface area contributed by atoms with E-state index in [0.717, 1.165) is 11.1 Å². The number of fused-ring (bicyclic) bond motifs is 3. The quantitative estimate of drug-likeness (QED) is 0.255. The van der Waals surface area contributed by atoms with Gasteiger partial charge in [0.15, 0.2) is 0 Å². The van der Waals surface area contributed by atoms with Crippen molar-refractivity contribution in [3.05, 3.63) is 59.7 Å². The predicted molar refractivity (Wildman–Crippen MR) is 152 cm³/mol. The molecule has 1 aliphatic carbocycles. The van der Waals surface area contributed by atoms with Crippen LogP contribution in [0.3, 0.4) is 0 Å². The Kier molecular flexibility index (Phi) is 12.0. The molecule has 1 N–H and O–H groups in total. The first kappa shape index (κ1) is 31.1. The zero-order valence-corrected chi connectivity index (χ0v) is 24.1. The Hall–Kier alpha value is -3.43. The van der Waals surface area contributed by atoms with Crippen molar-refractivity contribution in [1.82, 2.24) is 10.2 Å². The Labute approximate surface area is 237 Å². The van der Waals surface area contributed by atoms with E-state index in [1.165, 1.54) is 16.0 Å². The highest BCUT2D eigenvalue weighted by atomic mass is 16.6. The zero-order valence-electron chi connectivity index (χ0n) is 24.1. The Morgan fingerprint density at radius 1 is 0.875 bits per heavy atom. The Morgan fingerprint density at radius 2 is 1.48 bits per heavy atom. The molecule has 0 bridgehead atoms. The molecule has 0 fully saturated rings. The van der Waals surface area contributed by atoms with E-state index in [4.69, 9.17) is 18.9 Å². The van der Waals surface area contributed by atoms with Gasteiger partial charge in [-0.15, -0.1) is 0 Å². The second kappa shape index (κ2) is 15.4. The third kappa shape index (κ3) is 9.64. The molecular formula is C31H42N2O7. The highest BCUT2D eigenvalue weighted by Gasteiger charge is 2.30. The van der Waals surface area contributed by atoms with Crippen LogP contribution in [0.5, 0.6) is 0 Å². The number of carbonyl (C=O) groups excluding carboxylic acids is 3. The molecule has 1 aliphatic rings. The number of hydrogen-bond donors (Lipinski definition) is 1. The molecule has 0 unspecified atom stereocenters. The summed E-state index contributed by atoms with van der Waals surface area (Å²) in [4.78, 5) is 38.5. The molecule has 0 saturated carbocycles. The monoisotopic (exact) mass is 554 g/mol. The highest BCUT2D eigenvalue weighted by Crippen LogP contribution is 2.44. The van der Waals surface area contributed by atoms with Gasteiger partial charge in [-0.1, -0.05) is 55.5 Å². The van der Waals surface area contributed by atoms with Crippen LogP contribution in [0.4, 0.5) is 4.79 Å². The summed E-state index contributed by atoms with van der Waals surface area (Å²) in [7, 11) is 0. The summed E-state index contributed by atoms with van der Waals surface area (Å²) in [6.45, 7) is 9.50. The van der Waals surface area contributed by atoms with Crippen molar-refractivity contribution >= 4 is 18.0 Å². The summed E-state index contributed by atoms with van der Waals surface area (Å²) in [6, 6.07) is 16.3. The maximum Gasteiger partial charge on any atom is 0.410 e. The van der Waals surface area contributed by atoms with E-state index in [1.54, 1.807) is 0 Å². The predicted octanol–water partition coefficient (Wildman–Crippen LogP) is 4.53. The van der Waals surface area contributed by atoms with Crippen molar-refractivity contribution in [2.45, 2.75) is 52.1 Å². The molecule has 0 aliphatic heterocycles. The smallest absolute Gasteiger partial charge is 0.410 e. The van der Waals surface area contributed by atoms with E-state index in [0.29, 0.717) is 39.3 Å². The van der Waals surface area contributed by atoms with Crippen LogP contribution < -0.4 is 5.32 Å². The van der Waals surface area contributed by atoms with E-state index >= 15 is 0 Å². The highest BCUT2D eigenvalue weighted by molar-refractivity contribution is 5.82. The minimum atomic E-state index is -0.506.